The van der Waals surface area contributed by atoms with Crippen LogP contribution in [0.4, 0.5) is 11.4 Å². The highest BCUT2D eigenvalue weighted by molar-refractivity contribution is 6.46. The van der Waals surface area contributed by atoms with Crippen molar-refractivity contribution < 1.29 is 9.59 Å². The number of nitrogens with one attached hydrogen (secondary N) is 1. The van der Waals surface area contributed by atoms with E-state index in [0.29, 0.717) is 21.8 Å². The third kappa shape index (κ3) is 3.30. The molecule has 4 nitrogen and oxygen atoms in total. The second-order valence-corrected chi connectivity index (χ2v) is 6.97. The molecule has 28 heavy (non-hydrogen) atoms. The lowest BCUT2D eigenvalue weighted by molar-refractivity contribution is -0.120. The van der Waals surface area contributed by atoms with Crippen LogP contribution in [0, 0.1) is 6.92 Å². The molecule has 3 aromatic rings. The molecule has 0 saturated heterocycles. The van der Waals surface area contributed by atoms with Gasteiger partial charge in [-0.05, 0) is 48.9 Å². The number of hydrogen-bond acceptors (Lipinski definition) is 3. The van der Waals surface area contributed by atoms with E-state index < -0.39 is 5.91 Å². The summed E-state index contributed by atoms with van der Waals surface area (Å²) in [4.78, 5) is 27.6. The van der Waals surface area contributed by atoms with Crippen LogP contribution in [0.5, 0.6) is 0 Å². The van der Waals surface area contributed by atoms with Crippen LogP contribution in [0.3, 0.4) is 0 Å². The minimum Gasteiger partial charge on any atom is -0.350 e. The first kappa shape index (κ1) is 18.0. The molecule has 0 saturated carbocycles. The highest BCUT2D eigenvalue weighted by Gasteiger charge is 2.40. The third-order valence-electron chi connectivity index (χ3n) is 4.55. The van der Waals surface area contributed by atoms with Gasteiger partial charge in [0.25, 0.3) is 11.8 Å². The van der Waals surface area contributed by atoms with Gasteiger partial charge in [-0.2, -0.15) is 0 Å². The number of carbonyl (C=O) groups is 2. The van der Waals surface area contributed by atoms with Crippen LogP contribution < -0.4 is 10.2 Å². The second kappa shape index (κ2) is 7.33. The molecule has 0 unspecified atom stereocenters. The summed E-state index contributed by atoms with van der Waals surface area (Å²) in [5.74, 6) is -0.764. The summed E-state index contributed by atoms with van der Waals surface area (Å²) in [5.41, 5.74) is 3.63. The van der Waals surface area contributed by atoms with E-state index in [2.05, 4.69) is 5.32 Å². The first-order chi connectivity index (χ1) is 13.5. The van der Waals surface area contributed by atoms with Crippen molar-refractivity contribution in [2.75, 3.05) is 10.2 Å². The number of aryl methyl sites for hydroxylation is 1. The minimum atomic E-state index is -0.397. The molecule has 1 aliphatic heterocycles. The predicted molar refractivity (Wildman–Crippen MR) is 112 cm³/mol. The zero-order chi connectivity index (χ0) is 19.7. The van der Waals surface area contributed by atoms with E-state index in [1.54, 1.807) is 24.3 Å². The van der Waals surface area contributed by atoms with Gasteiger partial charge < -0.3 is 5.32 Å². The summed E-state index contributed by atoms with van der Waals surface area (Å²) in [6, 6.07) is 23.5. The molecule has 5 heteroatoms. The SMILES string of the molecule is Cc1ccc(NC2=C(c3ccccc3)C(=O)N(c3ccc(Cl)cc3)C2=O)cc1. The van der Waals surface area contributed by atoms with Gasteiger partial charge in [-0.15, -0.1) is 0 Å². The highest BCUT2D eigenvalue weighted by Crippen LogP contribution is 2.34. The number of amides is 2. The number of hydrogen-bond donors (Lipinski definition) is 1. The third-order valence-corrected chi connectivity index (χ3v) is 4.80. The van der Waals surface area contributed by atoms with E-state index in [9.17, 15) is 9.59 Å². The molecule has 1 heterocycles. The zero-order valence-corrected chi connectivity index (χ0v) is 15.9. The Morgan fingerprint density at radius 3 is 2.07 bits per heavy atom. The van der Waals surface area contributed by atoms with Crippen LogP contribution in [-0.4, -0.2) is 11.8 Å². The van der Waals surface area contributed by atoms with Crippen LogP contribution in [0.2, 0.25) is 5.02 Å². The number of benzene rings is 3. The summed E-state index contributed by atoms with van der Waals surface area (Å²) in [6.07, 6.45) is 0. The number of halogens is 1. The van der Waals surface area contributed by atoms with Crippen molar-refractivity contribution in [1.29, 1.82) is 0 Å². The van der Waals surface area contributed by atoms with Crippen LogP contribution in [0.1, 0.15) is 11.1 Å². The Labute approximate surface area is 168 Å². The van der Waals surface area contributed by atoms with Crippen LogP contribution in [-0.2, 0) is 9.59 Å². The zero-order valence-electron chi connectivity index (χ0n) is 15.1. The molecule has 0 fully saturated rings. The lowest BCUT2D eigenvalue weighted by Crippen LogP contribution is -2.32. The molecule has 0 aliphatic carbocycles. The first-order valence-corrected chi connectivity index (χ1v) is 9.20. The molecule has 0 atom stereocenters. The second-order valence-electron chi connectivity index (χ2n) is 6.53. The Bertz CT molecular complexity index is 1070. The van der Waals surface area contributed by atoms with Crippen molar-refractivity contribution in [3.05, 3.63) is 101 Å². The first-order valence-electron chi connectivity index (χ1n) is 8.82. The molecule has 0 spiro atoms. The maximum absolute atomic E-state index is 13.2. The van der Waals surface area contributed by atoms with Crippen molar-refractivity contribution in [1.82, 2.24) is 0 Å². The molecule has 2 amide bonds. The summed E-state index contributed by atoms with van der Waals surface area (Å²) >= 11 is 5.95. The molecular weight excluding hydrogens is 372 g/mol. The normalized spacial score (nSPS) is 14.0. The predicted octanol–water partition coefficient (Wildman–Crippen LogP) is 5.05. The Kier molecular flexibility index (Phi) is 4.72. The van der Waals surface area contributed by atoms with Gasteiger partial charge >= 0.3 is 0 Å². The van der Waals surface area contributed by atoms with Gasteiger partial charge in [-0.25, -0.2) is 4.90 Å². The molecular formula is C23H17ClN2O2. The van der Waals surface area contributed by atoms with Crippen molar-refractivity contribution in [2.24, 2.45) is 0 Å². The van der Waals surface area contributed by atoms with E-state index in [0.717, 1.165) is 11.3 Å². The van der Waals surface area contributed by atoms with Gasteiger partial charge in [0, 0.05) is 10.7 Å². The smallest absolute Gasteiger partial charge is 0.282 e. The standard InChI is InChI=1S/C23H17ClN2O2/c1-15-7-11-18(12-8-15)25-21-20(16-5-3-2-4-6-16)22(27)26(23(21)28)19-13-9-17(24)10-14-19/h2-14,25H,1H3. The Hall–Kier alpha value is -3.37. The molecule has 4 rings (SSSR count). The Balaban J connectivity index is 1.80. The van der Waals surface area contributed by atoms with Gasteiger partial charge in [0.15, 0.2) is 0 Å². The van der Waals surface area contributed by atoms with E-state index in [1.165, 1.54) is 4.90 Å². The van der Waals surface area contributed by atoms with E-state index >= 15 is 0 Å². The largest absolute Gasteiger partial charge is 0.350 e. The molecule has 0 radical (unpaired) electrons. The monoisotopic (exact) mass is 388 g/mol. The highest BCUT2D eigenvalue weighted by atomic mass is 35.5. The Morgan fingerprint density at radius 1 is 0.786 bits per heavy atom. The molecule has 1 N–H and O–H groups in total. The van der Waals surface area contributed by atoms with Crippen molar-refractivity contribution >= 4 is 40.4 Å². The molecule has 3 aromatic carbocycles. The minimum absolute atomic E-state index is 0.259. The Morgan fingerprint density at radius 2 is 1.43 bits per heavy atom. The van der Waals surface area contributed by atoms with E-state index in [4.69, 9.17) is 11.6 Å². The lowest BCUT2D eigenvalue weighted by Gasteiger charge is -2.15. The van der Waals surface area contributed by atoms with Gasteiger partial charge in [-0.3, -0.25) is 9.59 Å². The van der Waals surface area contributed by atoms with E-state index in [-0.39, 0.29) is 11.6 Å². The van der Waals surface area contributed by atoms with Gasteiger partial charge in [-0.1, -0.05) is 59.6 Å². The fourth-order valence-corrected chi connectivity index (χ4v) is 3.25. The number of carbonyl (C=O) groups excluding carboxylic acids is 2. The van der Waals surface area contributed by atoms with E-state index in [1.807, 2.05) is 61.5 Å². The average molecular weight is 389 g/mol. The number of anilines is 2. The lowest BCUT2D eigenvalue weighted by atomic mass is 10.0. The maximum atomic E-state index is 13.2. The average Bonchev–Trinajstić information content (AvgIpc) is 2.95. The topological polar surface area (TPSA) is 49.4 Å². The van der Waals surface area contributed by atoms with Gasteiger partial charge in [0.1, 0.15) is 5.70 Å². The van der Waals surface area contributed by atoms with Gasteiger partial charge in [0.2, 0.25) is 0 Å². The molecule has 138 valence electrons. The van der Waals surface area contributed by atoms with Crippen molar-refractivity contribution in [2.45, 2.75) is 6.92 Å². The van der Waals surface area contributed by atoms with Crippen LogP contribution >= 0.6 is 11.6 Å². The fraction of sp³-hybridized carbons (Fsp3) is 0.0435. The van der Waals surface area contributed by atoms with Crippen LogP contribution in [0.15, 0.2) is 84.6 Å². The van der Waals surface area contributed by atoms with Crippen molar-refractivity contribution in [3.63, 3.8) is 0 Å². The summed E-state index contributed by atoms with van der Waals surface area (Å²) in [7, 11) is 0. The fourth-order valence-electron chi connectivity index (χ4n) is 3.12. The quantitative estimate of drug-likeness (QED) is 0.636. The summed E-state index contributed by atoms with van der Waals surface area (Å²) in [5, 5.41) is 3.69. The van der Waals surface area contributed by atoms with Gasteiger partial charge in [0.05, 0.1) is 11.3 Å². The summed E-state index contributed by atoms with van der Waals surface area (Å²) in [6.45, 7) is 1.99. The number of nitrogens with zero attached hydrogens (tertiary/aromatic N) is 1. The number of imide groups is 1. The molecule has 0 aromatic heterocycles. The number of rotatable bonds is 4. The maximum Gasteiger partial charge on any atom is 0.282 e. The van der Waals surface area contributed by atoms with Crippen molar-refractivity contribution in [3.8, 4) is 0 Å². The molecule has 1 aliphatic rings. The summed E-state index contributed by atoms with van der Waals surface area (Å²) < 4.78 is 0. The van der Waals surface area contributed by atoms with Crippen LogP contribution in [0.25, 0.3) is 5.57 Å². The molecule has 0 bridgehead atoms.